The molecule has 0 atom stereocenters. The quantitative estimate of drug-likeness (QED) is 0.262. The first-order chi connectivity index (χ1) is 16.8. The first-order valence-corrected chi connectivity index (χ1v) is 14.7. The topological polar surface area (TPSA) is 79.4 Å². The number of aromatic nitrogens is 1. The molecule has 0 unspecified atom stereocenters. The number of fused-ring (bicyclic) bond motifs is 1. The summed E-state index contributed by atoms with van der Waals surface area (Å²) < 4.78 is 28.5. The summed E-state index contributed by atoms with van der Waals surface area (Å²) in [6.45, 7) is 8.85. The number of thiophene rings is 1. The first-order valence-electron chi connectivity index (χ1n) is 11.6. The molecule has 0 aliphatic heterocycles. The van der Waals surface area contributed by atoms with Crippen molar-refractivity contribution in [2.45, 2.75) is 45.4 Å². The average molecular weight is 528 g/mol. The van der Waals surface area contributed by atoms with E-state index >= 15 is 0 Å². The minimum atomic E-state index is -3.59. The number of amides is 1. The van der Waals surface area contributed by atoms with Gasteiger partial charge in [-0.3, -0.25) is 4.79 Å². The maximum absolute atomic E-state index is 13.1. The van der Waals surface area contributed by atoms with Crippen LogP contribution >= 0.6 is 22.7 Å². The van der Waals surface area contributed by atoms with Crippen molar-refractivity contribution in [2.24, 2.45) is 0 Å². The minimum absolute atomic E-state index is 0.199. The molecule has 35 heavy (non-hydrogen) atoms. The van der Waals surface area contributed by atoms with Crippen molar-refractivity contribution in [3.8, 4) is 10.6 Å². The number of carbonyl (C=O) groups excluding carboxylic acids is 1. The number of nitrogens with zero attached hydrogens (tertiary/aromatic N) is 2. The zero-order valence-electron chi connectivity index (χ0n) is 20.3. The molecule has 4 rings (SSSR count). The van der Waals surface area contributed by atoms with Gasteiger partial charge in [-0.1, -0.05) is 32.4 Å². The van der Waals surface area contributed by atoms with E-state index in [1.54, 1.807) is 23.5 Å². The second-order valence-electron chi connectivity index (χ2n) is 8.30. The van der Waals surface area contributed by atoms with E-state index in [1.807, 2.05) is 52.0 Å². The van der Waals surface area contributed by atoms with Gasteiger partial charge in [-0.25, -0.2) is 13.4 Å². The third kappa shape index (κ3) is 5.18. The summed E-state index contributed by atoms with van der Waals surface area (Å²) in [6.07, 6.45) is 1.73. The monoisotopic (exact) mass is 527 g/mol. The van der Waals surface area contributed by atoms with Crippen molar-refractivity contribution in [2.75, 3.05) is 18.4 Å². The molecule has 1 N–H and O–H groups in total. The first kappa shape index (κ1) is 25.5. The summed E-state index contributed by atoms with van der Waals surface area (Å²) in [6, 6.07) is 14.2. The van der Waals surface area contributed by atoms with Gasteiger partial charge in [0, 0.05) is 29.1 Å². The van der Waals surface area contributed by atoms with Crippen LogP contribution in [0.1, 0.15) is 47.5 Å². The predicted octanol–water partition coefficient (Wildman–Crippen LogP) is 6.70. The lowest BCUT2D eigenvalue weighted by molar-refractivity contribution is 0.102. The highest BCUT2D eigenvalue weighted by molar-refractivity contribution is 7.89. The molecule has 0 saturated heterocycles. The Balaban J connectivity index is 1.59. The van der Waals surface area contributed by atoms with Crippen LogP contribution in [0.5, 0.6) is 0 Å². The van der Waals surface area contributed by atoms with Gasteiger partial charge in [-0.05, 0) is 62.2 Å². The Morgan fingerprint density at radius 2 is 1.74 bits per heavy atom. The summed E-state index contributed by atoms with van der Waals surface area (Å²) in [4.78, 5) is 19.2. The third-order valence-corrected chi connectivity index (χ3v) is 10.2. The predicted molar refractivity (Wildman–Crippen MR) is 146 cm³/mol. The number of hydrogen-bond acceptors (Lipinski definition) is 6. The van der Waals surface area contributed by atoms with Gasteiger partial charge in [0.2, 0.25) is 10.0 Å². The lowest BCUT2D eigenvalue weighted by atomic mass is 10.1. The van der Waals surface area contributed by atoms with Crippen LogP contribution in [0.2, 0.25) is 0 Å². The van der Waals surface area contributed by atoms with Crippen molar-refractivity contribution >= 4 is 53.8 Å². The number of carbonyl (C=O) groups is 1. The van der Waals surface area contributed by atoms with Crippen LogP contribution in [0.4, 0.5) is 5.00 Å². The summed E-state index contributed by atoms with van der Waals surface area (Å²) in [5.41, 5.74) is 3.37. The van der Waals surface area contributed by atoms with Crippen molar-refractivity contribution in [1.82, 2.24) is 9.29 Å². The summed E-state index contributed by atoms with van der Waals surface area (Å²) in [5, 5.41) is 4.66. The van der Waals surface area contributed by atoms with Crippen LogP contribution in [0, 0.1) is 13.8 Å². The highest BCUT2D eigenvalue weighted by Crippen LogP contribution is 2.43. The number of sulfonamides is 1. The molecule has 9 heteroatoms. The van der Waals surface area contributed by atoms with Crippen molar-refractivity contribution in [3.63, 3.8) is 0 Å². The number of thiazole rings is 1. The number of nitrogens with one attached hydrogen (secondary N) is 1. The molecule has 184 valence electrons. The number of benzene rings is 2. The van der Waals surface area contributed by atoms with Gasteiger partial charge in [0.05, 0.1) is 15.1 Å². The molecule has 0 fully saturated rings. The summed E-state index contributed by atoms with van der Waals surface area (Å²) in [7, 11) is -3.59. The Hall–Kier alpha value is -2.59. The Bertz CT molecular complexity index is 1420. The summed E-state index contributed by atoms with van der Waals surface area (Å²) >= 11 is 3.13. The van der Waals surface area contributed by atoms with Gasteiger partial charge in [0.1, 0.15) is 10.0 Å². The fourth-order valence-electron chi connectivity index (χ4n) is 3.84. The fraction of sp³-hybridized carbons (Fsp3) is 0.308. The van der Waals surface area contributed by atoms with Crippen molar-refractivity contribution < 1.29 is 13.2 Å². The highest BCUT2D eigenvalue weighted by atomic mass is 32.2. The minimum Gasteiger partial charge on any atom is -0.313 e. The largest absolute Gasteiger partial charge is 0.313 e. The smallest absolute Gasteiger partial charge is 0.256 e. The lowest BCUT2D eigenvalue weighted by Gasteiger charge is -2.20. The van der Waals surface area contributed by atoms with E-state index in [1.165, 1.54) is 27.8 Å². The second kappa shape index (κ2) is 10.6. The van der Waals surface area contributed by atoms with E-state index < -0.39 is 10.0 Å². The standard InChI is InChI=1S/C26H29N3O3S3/c1-5-7-16-29(6-2)35(31,32)20-14-12-19(13-15-20)24(30)28-26-23(17(3)18(4)33-26)25-27-21-10-8-9-11-22(21)34-25/h8-15H,5-7,16H2,1-4H3,(H,28,30). The highest BCUT2D eigenvalue weighted by Gasteiger charge is 2.24. The molecule has 1 amide bonds. The van der Waals surface area contributed by atoms with Crippen LogP contribution < -0.4 is 5.32 Å². The molecule has 0 bridgehead atoms. The van der Waals surface area contributed by atoms with Crippen LogP contribution in [0.25, 0.3) is 20.8 Å². The summed E-state index contributed by atoms with van der Waals surface area (Å²) in [5.74, 6) is -0.282. The molecule has 2 aromatic carbocycles. The number of para-hydroxylation sites is 1. The van der Waals surface area contributed by atoms with Crippen LogP contribution in [0.3, 0.4) is 0 Å². The van der Waals surface area contributed by atoms with E-state index in [4.69, 9.17) is 4.98 Å². The van der Waals surface area contributed by atoms with Gasteiger partial charge in [0.15, 0.2) is 0 Å². The van der Waals surface area contributed by atoms with E-state index in [0.29, 0.717) is 18.7 Å². The molecule has 6 nitrogen and oxygen atoms in total. The molecular weight excluding hydrogens is 499 g/mol. The molecule has 2 heterocycles. The normalized spacial score (nSPS) is 11.9. The Morgan fingerprint density at radius 3 is 2.40 bits per heavy atom. The zero-order chi connectivity index (χ0) is 25.2. The second-order valence-corrected chi connectivity index (χ2v) is 12.5. The van der Waals surface area contributed by atoms with Crippen molar-refractivity contribution in [3.05, 3.63) is 64.5 Å². The number of unbranched alkanes of at least 4 members (excludes halogenated alkanes) is 1. The maximum Gasteiger partial charge on any atom is 0.256 e. The zero-order valence-corrected chi connectivity index (χ0v) is 22.7. The Labute approximate surface area is 214 Å². The third-order valence-electron chi connectivity index (χ3n) is 5.99. The van der Waals surface area contributed by atoms with E-state index in [2.05, 4.69) is 5.32 Å². The molecule has 4 aromatic rings. The Morgan fingerprint density at radius 1 is 1.03 bits per heavy atom. The average Bonchev–Trinajstić information content (AvgIpc) is 3.39. The fourth-order valence-corrected chi connectivity index (χ4v) is 7.52. The Kier molecular flexibility index (Phi) is 7.70. The molecule has 0 spiro atoms. The molecule has 0 aliphatic rings. The SMILES string of the molecule is CCCCN(CC)S(=O)(=O)c1ccc(C(=O)Nc2sc(C)c(C)c2-c2nc3ccccc3s2)cc1. The van der Waals surface area contributed by atoms with Crippen LogP contribution in [0.15, 0.2) is 53.4 Å². The van der Waals surface area contributed by atoms with Gasteiger partial charge in [0.25, 0.3) is 5.91 Å². The van der Waals surface area contributed by atoms with Crippen LogP contribution in [-0.4, -0.2) is 36.7 Å². The van der Waals surface area contributed by atoms with E-state index in [0.717, 1.165) is 49.1 Å². The molecule has 0 radical (unpaired) electrons. The number of rotatable bonds is 9. The molecule has 2 aromatic heterocycles. The lowest BCUT2D eigenvalue weighted by Crippen LogP contribution is -2.31. The van der Waals surface area contributed by atoms with Crippen LogP contribution in [-0.2, 0) is 10.0 Å². The van der Waals surface area contributed by atoms with Crippen molar-refractivity contribution in [1.29, 1.82) is 0 Å². The van der Waals surface area contributed by atoms with E-state index in [-0.39, 0.29) is 10.8 Å². The van der Waals surface area contributed by atoms with Gasteiger partial charge in [-0.2, -0.15) is 4.31 Å². The van der Waals surface area contributed by atoms with Gasteiger partial charge < -0.3 is 5.32 Å². The van der Waals surface area contributed by atoms with E-state index in [9.17, 15) is 13.2 Å². The van der Waals surface area contributed by atoms with Gasteiger partial charge >= 0.3 is 0 Å². The number of hydrogen-bond donors (Lipinski definition) is 1. The molecule has 0 aliphatic carbocycles. The van der Waals surface area contributed by atoms with Gasteiger partial charge in [-0.15, -0.1) is 22.7 Å². The number of aryl methyl sites for hydroxylation is 1. The maximum atomic E-state index is 13.1. The molecular formula is C26H29N3O3S3. The number of anilines is 1. The molecule has 0 saturated carbocycles.